The van der Waals surface area contributed by atoms with Gasteiger partial charge in [-0.3, -0.25) is 9.59 Å². The zero-order valence-corrected chi connectivity index (χ0v) is 21.4. The summed E-state index contributed by atoms with van der Waals surface area (Å²) in [4.78, 5) is 33.0. The molecule has 3 aromatic carbocycles. The molecule has 0 radical (unpaired) electrons. The number of nitrogens with zero attached hydrogens (tertiary/aromatic N) is 3. The Morgan fingerprint density at radius 2 is 1.38 bits per heavy atom. The second-order valence-corrected chi connectivity index (χ2v) is 9.55. The van der Waals surface area contributed by atoms with Crippen LogP contribution in [0.15, 0.2) is 72.8 Å². The highest BCUT2D eigenvalue weighted by molar-refractivity contribution is 6.06. The van der Waals surface area contributed by atoms with E-state index in [4.69, 9.17) is 4.74 Å². The van der Waals surface area contributed by atoms with Gasteiger partial charge in [-0.2, -0.15) is 0 Å². The smallest absolute Gasteiger partial charge is 0.256 e. The predicted molar refractivity (Wildman–Crippen MR) is 148 cm³/mol. The van der Waals surface area contributed by atoms with E-state index >= 15 is 0 Å². The molecular formula is C30H34N4O3. The van der Waals surface area contributed by atoms with E-state index in [2.05, 4.69) is 21.2 Å². The summed E-state index contributed by atoms with van der Waals surface area (Å²) in [7, 11) is 1.70. The molecule has 0 aliphatic carbocycles. The molecule has 0 saturated carbocycles. The molecule has 7 nitrogen and oxygen atoms in total. The SMILES string of the molecule is COc1ccccc1N1CCN(c2ccc(NC(=O)c3ccccc3)cc2C(=O)N2CCCCC2)CC1. The molecule has 0 spiro atoms. The summed E-state index contributed by atoms with van der Waals surface area (Å²) in [5, 5.41) is 2.98. The number of hydrogen-bond donors (Lipinski definition) is 1. The number of piperazine rings is 1. The summed E-state index contributed by atoms with van der Waals surface area (Å²) in [6, 6.07) is 22.9. The first kappa shape index (κ1) is 24.7. The van der Waals surface area contributed by atoms with Crippen LogP contribution in [0.3, 0.4) is 0 Å². The van der Waals surface area contributed by atoms with Crippen LogP contribution in [0, 0.1) is 0 Å². The Labute approximate surface area is 218 Å². The van der Waals surface area contributed by atoms with Gasteiger partial charge in [0.15, 0.2) is 0 Å². The van der Waals surface area contributed by atoms with Crippen LogP contribution < -0.4 is 19.9 Å². The maximum Gasteiger partial charge on any atom is 0.256 e. The highest BCUT2D eigenvalue weighted by Gasteiger charge is 2.26. The number of carbonyl (C=O) groups excluding carboxylic acids is 2. The number of likely N-dealkylation sites (tertiary alicyclic amines) is 1. The van der Waals surface area contributed by atoms with Crippen molar-refractivity contribution < 1.29 is 14.3 Å². The normalized spacial score (nSPS) is 15.9. The number of rotatable bonds is 6. The molecule has 5 rings (SSSR count). The van der Waals surface area contributed by atoms with Crippen molar-refractivity contribution in [3.63, 3.8) is 0 Å². The zero-order chi connectivity index (χ0) is 25.6. The van der Waals surface area contributed by atoms with E-state index in [1.54, 1.807) is 19.2 Å². The summed E-state index contributed by atoms with van der Waals surface area (Å²) in [5.41, 5.74) is 3.88. The van der Waals surface area contributed by atoms with Crippen LogP contribution in [-0.4, -0.2) is 63.1 Å². The molecule has 7 heteroatoms. The quantitative estimate of drug-likeness (QED) is 0.524. The Balaban J connectivity index is 1.38. The number of ether oxygens (including phenoxy) is 1. The van der Waals surface area contributed by atoms with Gasteiger partial charge in [0, 0.05) is 56.2 Å². The van der Waals surface area contributed by atoms with Gasteiger partial charge in [0.05, 0.1) is 18.4 Å². The van der Waals surface area contributed by atoms with Gasteiger partial charge in [0.1, 0.15) is 5.75 Å². The first-order valence-electron chi connectivity index (χ1n) is 13.1. The molecule has 0 atom stereocenters. The van der Waals surface area contributed by atoms with Gasteiger partial charge in [-0.1, -0.05) is 30.3 Å². The van der Waals surface area contributed by atoms with E-state index in [1.807, 2.05) is 59.5 Å². The lowest BCUT2D eigenvalue weighted by atomic mass is 10.0. The number of piperidine rings is 1. The molecule has 2 saturated heterocycles. The van der Waals surface area contributed by atoms with Crippen molar-refractivity contribution in [1.29, 1.82) is 0 Å². The lowest BCUT2D eigenvalue weighted by Gasteiger charge is -2.39. The molecule has 0 aromatic heterocycles. The molecule has 3 aromatic rings. The Bertz CT molecular complexity index is 1230. The number of anilines is 3. The molecule has 192 valence electrons. The number of hydrogen-bond acceptors (Lipinski definition) is 5. The van der Waals surface area contributed by atoms with Crippen LogP contribution in [0.1, 0.15) is 40.0 Å². The molecule has 2 aliphatic heterocycles. The highest BCUT2D eigenvalue weighted by atomic mass is 16.5. The monoisotopic (exact) mass is 498 g/mol. The van der Waals surface area contributed by atoms with E-state index in [9.17, 15) is 9.59 Å². The first-order valence-corrected chi connectivity index (χ1v) is 13.1. The molecule has 0 unspecified atom stereocenters. The molecule has 1 N–H and O–H groups in total. The predicted octanol–water partition coefficient (Wildman–Crippen LogP) is 4.90. The van der Waals surface area contributed by atoms with E-state index in [1.165, 1.54) is 0 Å². The van der Waals surface area contributed by atoms with Crippen LogP contribution in [0.2, 0.25) is 0 Å². The average molecular weight is 499 g/mol. The maximum atomic E-state index is 13.7. The summed E-state index contributed by atoms with van der Waals surface area (Å²) >= 11 is 0. The van der Waals surface area contributed by atoms with Crippen LogP contribution in [0.4, 0.5) is 17.1 Å². The van der Waals surface area contributed by atoms with E-state index in [0.717, 1.165) is 75.7 Å². The molecule has 2 fully saturated rings. The standard InChI is InChI=1S/C30H34N4O3/c1-37-28-13-7-6-12-27(28)33-20-18-32(19-21-33)26-15-14-24(31-29(35)23-10-4-2-5-11-23)22-25(26)30(36)34-16-8-3-9-17-34/h2,4-7,10-15,22H,3,8-9,16-21H2,1H3,(H,31,35). The third-order valence-corrected chi connectivity index (χ3v) is 7.21. The van der Waals surface area contributed by atoms with E-state index < -0.39 is 0 Å². The minimum Gasteiger partial charge on any atom is -0.495 e. The third-order valence-electron chi connectivity index (χ3n) is 7.21. The second-order valence-electron chi connectivity index (χ2n) is 9.55. The number of carbonyl (C=O) groups is 2. The zero-order valence-electron chi connectivity index (χ0n) is 21.4. The van der Waals surface area contributed by atoms with Gasteiger partial charge >= 0.3 is 0 Å². The van der Waals surface area contributed by atoms with Gasteiger partial charge in [-0.05, 0) is 61.7 Å². The topological polar surface area (TPSA) is 65.1 Å². The molecule has 2 aliphatic rings. The van der Waals surface area contributed by atoms with Gasteiger partial charge in [-0.25, -0.2) is 0 Å². The first-order chi connectivity index (χ1) is 18.1. The summed E-state index contributed by atoms with van der Waals surface area (Å²) < 4.78 is 5.56. The minimum absolute atomic E-state index is 0.0395. The Kier molecular flexibility index (Phi) is 7.59. The van der Waals surface area contributed by atoms with Gasteiger partial charge in [0.25, 0.3) is 11.8 Å². The number of methoxy groups -OCH3 is 1. The number of para-hydroxylation sites is 2. The van der Waals surface area contributed by atoms with Crippen LogP contribution >= 0.6 is 0 Å². The summed E-state index contributed by atoms with van der Waals surface area (Å²) in [6.07, 6.45) is 3.22. The molecule has 0 bridgehead atoms. The van der Waals surface area contributed by atoms with Gasteiger partial charge in [0.2, 0.25) is 0 Å². The fourth-order valence-electron chi connectivity index (χ4n) is 5.20. The number of benzene rings is 3. The lowest BCUT2D eigenvalue weighted by molar-refractivity contribution is 0.0724. The Morgan fingerprint density at radius 1 is 0.730 bits per heavy atom. The van der Waals surface area contributed by atoms with Crippen molar-refractivity contribution >= 4 is 28.9 Å². The third kappa shape index (κ3) is 5.56. The van der Waals surface area contributed by atoms with Crippen LogP contribution in [-0.2, 0) is 0 Å². The molecular weight excluding hydrogens is 464 g/mol. The second kappa shape index (κ2) is 11.4. The summed E-state index contributed by atoms with van der Waals surface area (Å²) in [5.74, 6) is 0.725. The molecule has 2 amide bonds. The van der Waals surface area contributed by atoms with Crippen LogP contribution in [0.5, 0.6) is 5.75 Å². The van der Waals surface area contributed by atoms with Crippen molar-refractivity contribution in [1.82, 2.24) is 4.90 Å². The van der Waals surface area contributed by atoms with Crippen molar-refractivity contribution in [2.45, 2.75) is 19.3 Å². The lowest BCUT2D eigenvalue weighted by Crippen LogP contribution is -2.47. The van der Waals surface area contributed by atoms with Crippen molar-refractivity contribution in [3.8, 4) is 5.75 Å². The number of amides is 2. The fraction of sp³-hybridized carbons (Fsp3) is 0.333. The average Bonchev–Trinajstić information content (AvgIpc) is 2.97. The highest BCUT2D eigenvalue weighted by Crippen LogP contribution is 2.32. The molecule has 37 heavy (non-hydrogen) atoms. The largest absolute Gasteiger partial charge is 0.495 e. The van der Waals surface area contributed by atoms with Crippen molar-refractivity contribution in [2.75, 3.05) is 61.5 Å². The minimum atomic E-state index is -0.185. The fourth-order valence-corrected chi connectivity index (χ4v) is 5.20. The maximum absolute atomic E-state index is 13.7. The van der Waals surface area contributed by atoms with Crippen molar-refractivity contribution in [2.24, 2.45) is 0 Å². The van der Waals surface area contributed by atoms with Crippen molar-refractivity contribution in [3.05, 3.63) is 83.9 Å². The van der Waals surface area contributed by atoms with Gasteiger partial charge in [-0.15, -0.1) is 0 Å². The van der Waals surface area contributed by atoms with E-state index in [0.29, 0.717) is 16.8 Å². The van der Waals surface area contributed by atoms with Crippen LogP contribution in [0.25, 0.3) is 0 Å². The Hall–Kier alpha value is -4.00. The summed E-state index contributed by atoms with van der Waals surface area (Å²) in [6.45, 7) is 4.78. The van der Waals surface area contributed by atoms with E-state index in [-0.39, 0.29) is 11.8 Å². The molecule has 2 heterocycles. The Morgan fingerprint density at radius 3 is 2.08 bits per heavy atom. The number of nitrogens with one attached hydrogen (secondary N) is 1. The van der Waals surface area contributed by atoms with Gasteiger partial charge < -0.3 is 24.8 Å².